The Morgan fingerprint density at radius 3 is 0.667 bits per heavy atom. The first-order chi connectivity index (χ1) is 11.3. The number of ether oxygens (including phenoxy) is 3. The Labute approximate surface area is 140 Å². The Kier molecular flexibility index (Phi) is 25.1. The van der Waals surface area contributed by atoms with E-state index >= 15 is 0 Å². The van der Waals surface area contributed by atoms with Crippen LogP contribution in [-0.4, -0.2) is 72.9 Å². The summed E-state index contributed by atoms with van der Waals surface area (Å²) in [5.41, 5.74) is 0. The lowest BCUT2D eigenvalue weighted by molar-refractivity contribution is -0.132. The second kappa shape index (κ2) is 22.8. The Bertz CT molecular complexity index is 306. The third kappa shape index (κ3) is 158. The maximum atomic E-state index is 9.25. The molecule has 3 aliphatic heterocycles. The average molecular weight is 348 g/mol. The van der Waals surface area contributed by atoms with Gasteiger partial charge in [-0.05, 0) is 0 Å². The first-order valence-electron chi connectivity index (χ1n) is 6.61. The van der Waals surface area contributed by atoms with Gasteiger partial charge in [-0.25, -0.2) is 14.4 Å². The summed E-state index contributed by atoms with van der Waals surface area (Å²) in [5.74, 6) is -2.94. The van der Waals surface area contributed by atoms with Crippen LogP contribution in [0.4, 0.5) is 0 Å². The van der Waals surface area contributed by atoms with E-state index in [4.69, 9.17) is 15.3 Å². The van der Waals surface area contributed by atoms with Crippen LogP contribution in [0.15, 0.2) is 38.0 Å². The van der Waals surface area contributed by atoms with Gasteiger partial charge < -0.3 is 29.5 Å². The lowest BCUT2D eigenvalue weighted by Gasteiger charge is -1.64. The lowest BCUT2D eigenvalue weighted by atomic mass is 10.7. The molecule has 9 nitrogen and oxygen atoms in total. The van der Waals surface area contributed by atoms with E-state index in [1.165, 1.54) is 0 Å². The van der Waals surface area contributed by atoms with Crippen LogP contribution in [0.1, 0.15) is 0 Å². The Morgan fingerprint density at radius 2 is 0.667 bits per heavy atom. The summed E-state index contributed by atoms with van der Waals surface area (Å²) in [7, 11) is 0. The van der Waals surface area contributed by atoms with Gasteiger partial charge in [0, 0.05) is 18.2 Å². The normalized spacial score (nSPS) is 13.0. The van der Waals surface area contributed by atoms with E-state index in [1.807, 2.05) is 0 Å². The molecule has 3 fully saturated rings. The molecule has 3 saturated heterocycles. The molecule has 0 unspecified atom stereocenters. The molecule has 3 N–H and O–H groups in total. The van der Waals surface area contributed by atoms with Crippen LogP contribution in [0.25, 0.3) is 0 Å². The molecular weight excluding hydrogens is 324 g/mol. The van der Waals surface area contributed by atoms with Gasteiger partial charge in [0.15, 0.2) is 0 Å². The van der Waals surface area contributed by atoms with Crippen molar-refractivity contribution in [2.24, 2.45) is 0 Å². The monoisotopic (exact) mass is 348 g/mol. The van der Waals surface area contributed by atoms with Crippen molar-refractivity contribution in [3.05, 3.63) is 38.0 Å². The molecule has 138 valence electrons. The van der Waals surface area contributed by atoms with E-state index in [-0.39, 0.29) is 0 Å². The van der Waals surface area contributed by atoms with Crippen molar-refractivity contribution >= 4 is 17.9 Å². The van der Waals surface area contributed by atoms with Crippen molar-refractivity contribution in [3.63, 3.8) is 0 Å². The third-order valence-corrected chi connectivity index (χ3v) is 1.14. The van der Waals surface area contributed by atoms with Gasteiger partial charge in [0.1, 0.15) is 0 Å². The quantitative estimate of drug-likeness (QED) is 0.497. The molecule has 0 amide bonds. The van der Waals surface area contributed by atoms with Crippen molar-refractivity contribution < 1.29 is 43.9 Å². The first kappa shape index (κ1) is 26.4. The molecule has 0 aromatic rings. The molecule has 3 rings (SSSR count). The van der Waals surface area contributed by atoms with E-state index in [2.05, 4.69) is 33.9 Å². The van der Waals surface area contributed by atoms with Crippen LogP contribution in [0.5, 0.6) is 0 Å². The number of aliphatic carboxylic acids is 3. The molecule has 0 aromatic heterocycles. The van der Waals surface area contributed by atoms with Crippen LogP contribution in [-0.2, 0) is 28.6 Å². The number of hydrogen-bond acceptors (Lipinski definition) is 6. The smallest absolute Gasteiger partial charge is 0.327 e. The topological polar surface area (TPSA) is 149 Å². The number of carboxylic acids is 3. The second-order valence-corrected chi connectivity index (χ2v) is 3.46. The van der Waals surface area contributed by atoms with Crippen molar-refractivity contribution in [2.45, 2.75) is 0 Å². The minimum absolute atomic E-state index is 0.833. The van der Waals surface area contributed by atoms with Gasteiger partial charge in [-0.2, -0.15) is 0 Å². The number of hydrogen-bond donors (Lipinski definition) is 3. The summed E-state index contributed by atoms with van der Waals surface area (Å²) < 4.78 is 13.5. The number of carbonyl (C=O) groups is 3. The molecule has 0 spiro atoms. The highest BCUT2D eigenvalue weighted by Gasteiger charge is 1.94. The minimum Gasteiger partial charge on any atom is -0.478 e. The summed E-state index contributed by atoms with van der Waals surface area (Å²) in [6, 6.07) is 0. The molecule has 0 aliphatic carbocycles. The van der Waals surface area contributed by atoms with Gasteiger partial charge in [-0.15, -0.1) is 0 Å². The third-order valence-electron chi connectivity index (χ3n) is 1.14. The van der Waals surface area contributed by atoms with Crippen molar-refractivity contribution in [2.75, 3.05) is 39.6 Å². The Hall–Kier alpha value is -2.49. The zero-order chi connectivity index (χ0) is 19.2. The highest BCUT2D eigenvalue weighted by molar-refractivity contribution is 5.79. The molecule has 3 heterocycles. The number of epoxide rings is 3. The van der Waals surface area contributed by atoms with Crippen molar-refractivity contribution in [3.8, 4) is 0 Å². The van der Waals surface area contributed by atoms with Crippen LogP contribution in [0, 0.1) is 0 Å². The van der Waals surface area contributed by atoms with E-state index in [9.17, 15) is 14.4 Å². The van der Waals surface area contributed by atoms with Crippen LogP contribution < -0.4 is 0 Å². The summed E-state index contributed by atoms with van der Waals surface area (Å²) in [6.07, 6.45) is 2.50. The Morgan fingerprint density at radius 1 is 0.583 bits per heavy atom. The van der Waals surface area contributed by atoms with Crippen molar-refractivity contribution in [1.29, 1.82) is 0 Å². The number of rotatable bonds is 3. The maximum absolute atomic E-state index is 9.25. The van der Waals surface area contributed by atoms with Gasteiger partial charge >= 0.3 is 17.9 Å². The molecule has 24 heavy (non-hydrogen) atoms. The summed E-state index contributed by atoms with van der Waals surface area (Å²) >= 11 is 0. The second-order valence-electron chi connectivity index (χ2n) is 3.46. The zero-order valence-electron chi connectivity index (χ0n) is 13.4. The van der Waals surface area contributed by atoms with Gasteiger partial charge in [-0.1, -0.05) is 19.7 Å². The van der Waals surface area contributed by atoms with Crippen LogP contribution in [0.2, 0.25) is 0 Å². The largest absolute Gasteiger partial charge is 0.478 e. The van der Waals surface area contributed by atoms with E-state index < -0.39 is 17.9 Å². The summed E-state index contributed by atoms with van der Waals surface area (Å²) in [5, 5.41) is 22.8. The molecule has 0 aromatic carbocycles. The van der Waals surface area contributed by atoms with Gasteiger partial charge in [-0.3, -0.25) is 0 Å². The molecule has 9 heteroatoms. The van der Waals surface area contributed by atoms with E-state index in [1.54, 1.807) is 0 Å². The predicted molar refractivity (Wildman–Crippen MR) is 86.0 cm³/mol. The summed E-state index contributed by atoms with van der Waals surface area (Å²) in [4.78, 5) is 27.8. The van der Waals surface area contributed by atoms with Gasteiger partial charge in [0.2, 0.25) is 0 Å². The predicted octanol–water partition coefficient (Wildman–Crippen LogP) is 0.821. The van der Waals surface area contributed by atoms with Gasteiger partial charge in [0.25, 0.3) is 0 Å². The first-order valence-corrected chi connectivity index (χ1v) is 6.61. The fourth-order valence-electron chi connectivity index (χ4n) is 0. The van der Waals surface area contributed by atoms with Gasteiger partial charge in [0.05, 0.1) is 39.6 Å². The highest BCUT2D eigenvalue weighted by Crippen LogP contribution is 1.85. The van der Waals surface area contributed by atoms with Crippen LogP contribution in [0.3, 0.4) is 0 Å². The molecule has 3 aliphatic rings. The summed E-state index contributed by atoms with van der Waals surface area (Å²) in [6.45, 7) is 14.9. The number of carboxylic acid groups (broad SMARTS) is 3. The average Bonchev–Trinajstić information content (AvgIpc) is 3.43. The van der Waals surface area contributed by atoms with E-state index in [0.29, 0.717) is 0 Å². The molecule has 0 bridgehead atoms. The molecule has 0 atom stereocenters. The van der Waals surface area contributed by atoms with E-state index in [0.717, 1.165) is 57.9 Å². The highest BCUT2D eigenvalue weighted by atomic mass is 16.6. The van der Waals surface area contributed by atoms with Crippen LogP contribution >= 0.6 is 0 Å². The van der Waals surface area contributed by atoms with Crippen molar-refractivity contribution in [1.82, 2.24) is 0 Å². The Balaban J connectivity index is -0.000000223. The minimum atomic E-state index is -0.981. The zero-order valence-corrected chi connectivity index (χ0v) is 13.4. The molecule has 0 saturated carbocycles. The molecule has 0 radical (unpaired) electrons. The fourth-order valence-corrected chi connectivity index (χ4v) is 0. The standard InChI is InChI=1S/3C3H4O2.3C2H4O/c3*1-2-3(4)5;3*1-2-3-1/h3*2H,1H2,(H,4,5);3*1-2H2. The SMILES string of the molecule is C1CO1.C1CO1.C1CO1.C=CC(=O)O.C=CC(=O)O.C=CC(=O)O. The maximum Gasteiger partial charge on any atom is 0.327 e. The lowest BCUT2D eigenvalue weighted by Crippen LogP contribution is -1.82. The molecular formula is C15H24O9. The fraction of sp³-hybridized carbons (Fsp3) is 0.400.